The van der Waals surface area contributed by atoms with E-state index in [-0.39, 0.29) is 12.1 Å². The van der Waals surface area contributed by atoms with Crippen LogP contribution in [0.25, 0.3) is 0 Å². The normalized spacial score (nSPS) is 27.8. The van der Waals surface area contributed by atoms with E-state index in [1.165, 1.54) is 12.0 Å². The quantitative estimate of drug-likeness (QED) is 0.827. The summed E-state index contributed by atoms with van der Waals surface area (Å²) >= 11 is 0. The topological polar surface area (TPSA) is 32.8 Å². The van der Waals surface area contributed by atoms with Crippen LogP contribution in [-0.2, 0) is 11.3 Å². The molecule has 24 heavy (non-hydrogen) atoms. The molecule has 3 atom stereocenters. The number of hydrogen-bond acceptors (Lipinski definition) is 3. The van der Waals surface area contributed by atoms with Gasteiger partial charge in [-0.2, -0.15) is 0 Å². The second kappa shape index (κ2) is 6.75. The first-order chi connectivity index (χ1) is 11.3. The highest BCUT2D eigenvalue weighted by Gasteiger charge is 2.41. The van der Waals surface area contributed by atoms with Crippen LogP contribution in [0.4, 0.5) is 4.79 Å². The Morgan fingerprint density at radius 1 is 1.17 bits per heavy atom. The number of rotatable bonds is 2. The molecule has 4 heteroatoms. The van der Waals surface area contributed by atoms with E-state index >= 15 is 0 Å². The van der Waals surface area contributed by atoms with Gasteiger partial charge in [0.2, 0.25) is 0 Å². The van der Waals surface area contributed by atoms with E-state index in [0.717, 1.165) is 26.2 Å². The molecule has 1 aromatic rings. The molecule has 0 spiro atoms. The number of nitrogens with zero attached hydrogens (tertiary/aromatic N) is 2. The zero-order chi connectivity index (χ0) is 17.3. The molecule has 0 aromatic heterocycles. The zero-order valence-electron chi connectivity index (χ0n) is 15.4. The minimum Gasteiger partial charge on any atom is -0.444 e. The minimum absolute atomic E-state index is 0.152. The van der Waals surface area contributed by atoms with Gasteiger partial charge in [-0.15, -0.1) is 0 Å². The standard InChI is InChI=1S/C20H30N2O2/c1-15-18-10-17(13-22(15)19(23)24-20(2,3)4)12-21(14-18)11-16-8-6-5-7-9-16/h5-9,15,17-18H,10-14H2,1-4H3/t15-,17+,18+/m1/s1. The van der Waals surface area contributed by atoms with E-state index < -0.39 is 5.60 Å². The van der Waals surface area contributed by atoms with Crippen molar-refractivity contribution >= 4 is 6.09 Å². The zero-order valence-corrected chi connectivity index (χ0v) is 15.4. The molecular formula is C20H30N2O2. The molecule has 2 aliphatic rings. The fourth-order valence-electron chi connectivity index (χ4n) is 4.06. The maximum absolute atomic E-state index is 12.5. The summed E-state index contributed by atoms with van der Waals surface area (Å²) in [5, 5.41) is 0. The molecule has 0 N–H and O–H groups in total. The number of likely N-dealkylation sites (tertiary alicyclic amines) is 2. The lowest BCUT2D eigenvalue weighted by molar-refractivity contribution is -0.0333. The molecule has 132 valence electrons. The summed E-state index contributed by atoms with van der Waals surface area (Å²) in [4.78, 5) is 17.0. The van der Waals surface area contributed by atoms with Crippen LogP contribution in [0.2, 0.25) is 0 Å². The van der Waals surface area contributed by atoms with Crippen LogP contribution in [-0.4, -0.2) is 47.2 Å². The van der Waals surface area contributed by atoms with Gasteiger partial charge in [0.25, 0.3) is 0 Å². The van der Waals surface area contributed by atoms with Crippen molar-refractivity contribution in [3.05, 3.63) is 35.9 Å². The monoisotopic (exact) mass is 330 g/mol. The molecule has 2 fully saturated rings. The minimum atomic E-state index is -0.428. The highest BCUT2D eigenvalue weighted by Crippen LogP contribution is 2.34. The second-order valence-corrected chi connectivity index (χ2v) is 8.41. The molecule has 0 radical (unpaired) electrons. The largest absolute Gasteiger partial charge is 0.444 e. The average Bonchev–Trinajstić information content (AvgIpc) is 2.50. The number of carbonyl (C=O) groups excluding carboxylic acids is 1. The van der Waals surface area contributed by atoms with Crippen LogP contribution in [0.3, 0.4) is 0 Å². The van der Waals surface area contributed by atoms with Crippen molar-refractivity contribution in [2.45, 2.75) is 52.3 Å². The predicted octanol–water partition coefficient (Wildman–Crippen LogP) is 3.76. The number of benzene rings is 1. The number of ether oxygens (including phenoxy) is 1. The Bertz CT molecular complexity index is 567. The van der Waals surface area contributed by atoms with Crippen molar-refractivity contribution in [1.82, 2.24) is 9.80 Å². The first-order valence-electron chi connectivity index (χ1n) is 9.08. The van der Waals surface area contributed by atoms with Gasteiger partial charge >= 0.3 is 6.09 Å². The first kappa shape index (κ1) is 17.3. The summed E-state index contributed by atoms with van der Waals surface area (Å²) in [6.45, 7) is 11.9. The molecule has 4 nitrogen and oxygen atoms in total. The Balaban J connectivity index is 1.63. The molecule has 2 bridgehead atoms. The number of amides is 1. The van der Waals surface area contributed by atoms with Crippen molar-refractivity contribution in [3.63, 3.8) is 0 Å². The van der Waals surface area contributed by atoms with E-state index in [2.05, 4.69) is 42.2 Å². The Kier molecular flexibility index (Phi) is 4.86. The van der Waals surface area contributed by atoms with Gasteiger partial charge in [0.1, 0.15) is 5.60 Å². The number of hydrogen-bond donors (Lipinski definition) is 0. The molecule has 2 aliphatic heterocycles. The van der Waals surface area contributed by atoms with Gasteiger partial charge in [-0.05, 0) is 51.5 Å². The van der Waals surface area contributed by atoms with Gasteiger partial charge in [-0.3, -0.25) is 4.90 Å². The molecule has 2 saturated heterocycles. The van der Waals surface area contributed by atoms with Crippen molar-refractivity contribution in [3.8, 4) is 0 Å². The third kappa shape index (κ3) is 4.10. The maximum atomic E-state index is 12.5. The Hall–Kier alpha value is -1.55. The van der Waals surface area contributed by atoms with Crippen LogP contribution in [0.15, 0.2) is 30.3 Å². The summed E-state index contributed by atoms with van der Waals surface area (Å²) in [6.07, 6.45) is 1.08. The van der Waals surface area contributed by atoms with Gasteiger partial charge in [-0.25, -0.2) is 4.79 Å². The van der Waals surface area contributed by atoms with Crippen molar-refractivity contribution < 1.29 is 9.53 Å². The molecule has 1 aromatic carbocycles. The van der Waals surface area contributed by atoms with E-state index in [9.17, 15) is 4.79 Å². The smallest absolute Gasteiger partial charge is 0.410 e. The SMILES string of the molecule is C[C@@H]1[C@H]2C[C@@H](CN(Cc3ccccc3)C2)CN1C(=O)OC(C)(C)C. The summed E-state index contributed by atoms with van der Waals surface area (Å²) in [5.41, 5.74) is 0.942. The van der Waals surface area contributed by atoms with Gasteiger partial charge < -0.3 is 9.64 Å². The molecular weight excluding hydrogens is 300 g/mol. The predicted molar refractivity (Wildman–Crippen MR) is 95.7 cm³/mol. The van der Waals surface area contributed by atoms with Crippen LogP contribution < -0.4 is 0 Å². The molecule has 3 rings (SSSR count). The maximum Gasteiger partial charge on any atom is 0.410 e. The van der Waals surface area contributed by atoms with Crippen LogP contribution in [0, 0.1) is 11.8 Å². The Labute approximate surface area is 145 Å². The van der Waals surface area contributed by atoms with Gasteiger partial charge in [0, 0.05) is 32.2 Å². The molecule has 2 heterocycles. The van der Waals surface area contributed by atoms with Crippen molar-refractivity contribution in [2.24, 2.45) is 11.8 Å². The van der Waals surface area contributed by atoms with Crippen molar-refractivity contribution in [2.75, 3.05) is 19.6 Å². The van der Waals surface area contributed by atoms with Crippen molar-refractivity contribution in [1.29, 1.82) is 0 Å². The lowest BCUT2D eigenvalue weighted by atomic mass is 9.80. The van der Waals surface area contributed by atoms with Gasteiger partial charge in [0.05, 0.1) is 0 Å². The number of piperidine rings is 2. The summed E-state index contributed by atoms with van der Waals surface area (Å²) in [5.74, 6) is 1.09. The van der Waals surface area contributed by atoms with Crippen LogP contribution >= 0.6 is 0 Å². The lowest BCUT2D eigenvalue weighted by Crippen LogP contribution is -2.58. The first-order valence-corrected chi connectivity index (χ1v) is 9.08. The van der Waals surface area contributed by atoms with E-state index in [1.807, 2.05) is 25.7 Å². The van der Waals surface area contributed by atoms with Crippen LogP contribution in [0.1, 0.15) is 39.7 Å². The van der Waals surface area contributed by atoms with Crippen LogP contribution in [0.5, 0.6) is 0 Å². The summed E-state index contributed by atoms with van der Waals surface area (Å²) in [6, 6.07) is 10.9. The van der Waals surface area contributed by atoms with Gasteiger partial charge in [0.15, 0.2) is 0 Å². The number of carbonyl (C=O) groups is 1. The second-order valence-electron chi connectivity index (χ2n) is 8.41. The fraction of sp³-hybridized carbons (Fsp3) is 0.650. The average molecular weight is 330 g/mol. The third-order valence-electron chi connectivity index (χ3n) is 5.15. The summed E-state index contributed by atoms with van der Waals surface area (Å²) in [7, 11) is 0. The highest BCUT2D eigenvalue weighted by atomic mass is 16.6. The summed E-state index contributed by atoms with van der Waals surface area (Å²) < 4.78 is 5.61. The Morgan fingerprint density at radius 2 is 1.88 bits per heavy atom. The highest BCUT2D eigenvalue weighted by molar-refractivity contribution is 5.68. The molecule has 0 aliphatic carbocycles. The number of fused-ring (bicyclic) bond motifs is 2. The molecule has 1 amide bonds. The Morgan fingerprint density at radius 3 is 2.54 bits per heavy atom. The molecule has 0 saturated carbocycles. The van der Waals surface area contributed by atoms with Gasteiger partial charge in [-0.1, -0.05) is 30.3 Å². The van der Waals surface area contributed by atoms with E-state index in [4.69, 9.17) is 4.74 Å². The molecule has 0 unspecified atom stereocenters. The van der Waals surface area contributed by atoms with E-state index in [1.54, 1.807) is 0 Å². The third-order valence-corrected chi connectivity index (χ3v) is 5.15. The fourth-order valence-corrected chi connectivity index (χ4v) is 4.06. The van der Waals surface area contributed by atoms with E-state index in [0.29, 0.717) is 11.8 Å². The lowest BCUT2D eigenvalue weighted by Gasteiger charge is -2.49.